The van der Waals surface area contributed by atoms with Crippen LogP contribution in [0, 0.1) is 17.2 Å². The van der Waals surface area contributed by atoms with Gasteiger partial charge in [-0.1, -0.05) is 0 Å². The zero-order valence-corrected chi connectivity index (χ0v) is 6.81. The van der Waals surface area contributed by atoms with Crippen LogP contribution in [0.15, 0.2) is 0 Å². The van der Waals surface area contributed by atoms with Crippen molar-refractivity contribution in [1.29, 1.82) is 5.26 Å². The van der Waals surface area contributed by atoms with E-state index in [-0.39, 0.29) is 10.6 Å². The summed E-state index contributed by atoms with van der Waals surface area (Å²) in [5.41, 5.74) is 0. The smallest absolute Gasteiger partial charge is 0.197 e. The Hall–Kier alpha value is -0.360. The molecule has 0 aromatic rings. The van der Waals surface area contributed by atoms with Gasteiger partial charge in [-0.05, 0) is 29.3 Å². The van der Waals surface area contributed by atoms with Gasteiger partial charge in [-0.25, -0.2) is 0 Å². The van der Waals surface area contributed by atoms with Gasteiger partial charge in [0.25, 0.3) is 0 Å². The van der Waals surface area contributed by atoms with Gasteiger partial charge in [-0.3, -0.25) is 4.79 Å². The molecule has 0 aliphatic heterocycles. The molecular formula is C6H8BrNO. The highest BCUT2D eigenvalue weighted by molar-refractivity contribution is 9.18. The average molecular weight is 190 g/mol. The molecule has 0 saturated carbocycles. The molecule has 0 fully saturated rings. The summed E-state index contributed by atoms with van der Waals surface area (Å²) >= 11 is 2.78. The van der Waals surface area contributed by atoms with E-state index in [9.17, 15) is 4.79 Å². The molecule has 9 heavy (non-hydrogen) atoms. The van der Waals surface area contributed by atoms with E-state index < -0.39 is 0 Å². The highest BCUT2D eigenvalue weighted by atomic mass is 79.9. The van der Waals surface area contributed by atoms with Crippen molar-refractivity contribution < 1.29 is 4.79 Å². The van der Waals surface area contributed by atoms with Gasteiger partial charge in [0, 0.05) is 12.3 Å². The molecule has 0 radical (unpaired) electrons. The standard InChI is InChI=1S/C6H8BrNO/c1-5(4-8)2-3-6(7)9/h5H,2-3H2,1H3. The van der Waals surface area contributed by atoms with Crippen molar-refractivity contribution in [3.63, 3.8) is 0 Å². The molecule has 2 nitrogen and oxygen atoms in total. The Morgan fingerprint density at radius 3 is 2.78 bits per heavy atom. The molecular weight excluding hydrogens is 182 g/mol. The predicted octanol–water partition coefficient (Wildman–Crippen LogP) is 1.85. The summed E-state index contributed by atoms with van der Waals surface area (Å²) in [5.74, 6) is -0.00787. The number of hydrogen-bond donors (Lipinski definition) is 0. The SMILES string of the molecule is CC(C#N)CCC(=O)Br. The Morgan fingerprint density at radius 1 is 1.89 bits per heavy atom. The molecule has 50 valence electrons. The second-order valence-electron chi connectivity index (χ2n) is 1.92. The monoisotopic (exact) mass is 189 g/mol. The molecule has 1 unspecified atom stereocenters. The van der Waals surface area contributed by atoms with Gasteiger partial charge in [0.15, 0.2) is 4.69 Å². The molecule has 0 aromatic heterocycles. The van der Waals surface area contributed by atoms with Crippen LogP contribution in [0.3, 0.4) is 0 Å². The predicted molar refractivity (Wildman–Crippen MR) is 37.9 cm³/mol. The fourth-order valence-electron chi connectivity index (χ4n) is 0.395. The second-order valence-corrected chi connectivity index (χ2v) is 2.81. The number of carbonyl (C=O) groups is 1. The van der Waals surface area contributed by atoms with Crippen molar-refractivity contribution >= 4 is 20.6 Å². The molecule has 0 bridgehead atoms. The van der Waals surface area contributed by atoms with Crippen LogP contribution in [0.5, 0.6) is 0 Å². The molecule has 3 heteroatoms. The number of nitriles is 1. The lowest BCUT2D eigenvalue weighted by Gasteiger charge is -1.95. The minimum atomic E-state index is -0.0235. The second kappa shape index (κ2) is 4.51. The fourth-order valence-corrected chi connectivity index (χ4v) is 0.623. The van der Waals surface area contributed by atoms with Crippen molar-refractivity contribution in [2.45, 2.75) is 19.8 Å². The molecule has 0 saturated heterocycles. The van der Waals surface area contributed by atoms with E-state index in [0.29, 0.717) is 12.8 Å². The molecule has 0 aromatic carbocycles. The van der Waals surface area contributed by atoms with E-state index >= 15 is 0 Å². The quantitative estimate of drug-likeness (QED) is 0.637. The van der Waals surface area contributed by atoms with Crippen LogP contribution in [0.25, 0.3) is 0 Å². The Kier molecular flexibility index (Phi) is 4.33. The summed E-state index contributed by atoms with van der Waals surface area (Å²) in [6.45, 7) is 1.80. The molecule has 1 atom stereocenters. The maximum atomic E-state index is 10.3. The summed E-state index contributed by atoms with van der Waals surface area (Å²) in [4.78, 5) is 10.3. The normalized spacial score (nSPS) is 12.1. The molecule has 0 aliphatic carbocycles. The topological polar surface area (TPSA) is 40.9 Å². The van der Waals surface area contributed by atoms with Crippen LogP contribution in [-0.2, 0) is 4.79 Å². The van der Waals surface area contributed by atoms with E-state index in [1.54, 1.807) is 6.92 Å². The Labute approximate surface area is 63.0 Å². The molecule has 0 spiro atoms. The molecule has 0 aliphatic rings. The van der Waals surface area contributed by atoms with Crippen LogP contribution in [0.4, 0.5) is 0 Å². The average Bonchev–Trinajstić information content (AvgIpc) is 1.83. The maximum Gasteiger partial charge on any atom is 0.197 e. The third kappa shape index (κ3) is 5.51. The summed E-state index contributed by atoms with van der Waals surface area (Å²) in [7, 11) is 0. The van der Waals surface area contributed by atoms with E-state index in [2.05, 4.69) is 15.9 Å². The molecule has 0 rings (SSSR count). The first-order valence-electron chi connectivity index (χ1n) is 2.74. The number of halogens is 1. The van der Waals surface area contributed by atoms with E-state index in [1.807, 2.05) is 6.07 Å². The van der Waals surface area contributed by atoms with Crippen LogP contribution < -0.4 is 0 Å². The fraction of sp³-hybridized carbons (Fsp3) is 0.667. The Bertz CT molecular complexity index is 138. The minimum absolute atomic E-state index is 0.00787. The van der Waals surface area contributed by atoms with Gasteiger partial charge in [0.2, 0.25) is 0 Å². The number of carbonyl (C=O) groups excluding carboxylic acids is 1. The van der Waals surface area contributed by atoms with Crippen molar-refractivity contribution in [2.75, 3.05) is 0 Å². The lowest BCUT2D eigenvalue weighted by atomic mass is 10.1. The number of rotatable bonds is 3. The Balaban J connectivity index is 3.30. The lowest BCUT2D eigenvalue weighted by Crippen LogP contribution is -1.93. The van der Waals surface area contributed by atoms with Gasteiger partial charge >= 0.3 is 0 Å². The molecule has 0 N–H and O–H groups in total. The van der Waals surface area contributed by atoms with Crippen LogP contribution in [0.1, 0.15) is 19.8 Å². The van der Waals surface area contributed by atoms with Gasteiger partial charge in [0.1, 0.15) is 0 Å². The third-order valence-corrected chi connectivity index (χ3v) is 1.39. The zero-order valence-electron chi connectivity index (χ0n) is 5.22. The first kappa shape index (κ1) is 8.64. The van der Waals surface area contributed by atoms with Gasteiger partial charge in [-0.2, -0.15) is 5.26 Å². The first-order chi connectivity index (χ1) is 4.16. The van der Waals surface area contributed by atoms with Crippen molar-refractivity contribution in [1.82, 2.24) is 0 Å². The third-order valence-electron chi connectivity index (χ3n) is 0.994. The van der Waals surface area contributed by atoms with Crippen molar-refractivity contribution in [2.24, 2.45) is 5.92 Å². The largest absolute Gasteiger partial charge is 0.287 e. The lowest BCUT2D eigenvalue weighted by molar-refractivity contribution is -0.110. The van der Waals surface area contributed by atoms with E-state index in [4.69, 9.17) is 5.26 Å². The summed E-state index contributed by atoms with van der Waals surface area (Å²) in [6, 6.07) is 2.05. The van der Waals surface area contributed by atoms with E-state index in [1.165, 1.54) is 0 Å². The Morgan fingerprint density at radius 2 is 2.44 bits per heavy atom. The number of hydrogen-bond acceptors (Lipinski definition) is 2. The summed E-state index contributed by atoms with van der Waals surface area (Å²) < 4.78 is -0.0235. The first-order valence-corrected chi connectivity index (χ1v) is 3.54. The van der Waals surface area contributed by atoms with E-state index in [0.717, 1.165) is 0 Å². The highest BCUT2D eigenvalue weighted by Gasteiger charge is 2.01. The van der Waals surface area contributed by atoms with Crippen LogP contribution in [0.2, 0.25) is 0 Å². The van der Waals surface area contributed by atoms with Crippen molar-refractivity contribution in [3.05, 3.63) is 0 Å². The number of nitrogens with zero attached hydrogens (tertiary/aromatic N) is 1. The zero-order chi connectivity index (χ0) is 7.28. The molecule has 0 amide bonds. The van der Waals surface area contributed by atoms with Gasteiger partial charge in [-0.15, -0.1) is 0 Å². The maximum absolute atomic E-state index is 10.3. The van der Waals surface area contributed by atoms with Gasteiger partial charge < -0.3 is 0 Å². The summed E-state index contributed by atoms with van der Waals surface area (Å²) in [5, 5.41) is 8.27. The summed E-state index contributed by atoms with van der Waals surface area (Å²) in [6.07, 6.45) is 1.11. The van der Waals surface area contributed by atoms with Crippen LogP contribution >= 0.6 is 15.9 Å². The van der Waals surface area contributed by atoms with Gasteiger partial charge in [0.05, 0.1) is 6.07 Å². The highest BCUT2D eigenvalue weighted by Crippen LogP contribution is 2.05. The minimum Gasteiger partial charge on any atom is -0.287 e. The van der Waals surface area contributed by atoms with Crippen LogP contribution in [-0.4, -0.2) is 4.69 Å². The van der Waals surface area contributed by atoms with Crippen molar-refractivity contribution in [3.8, 4) is 6.07 Å². The molecule has 0 heterocycles.